The minimum atomic E-state index is -0.0358. The van der Waals surface area contributed by atoms with Crippen LogP contribution >= 0.6 is 11.8 Å². The van der Waals surface area contributed by atoms with Crippen molar-refractivity contribution >= 4 is 40.1 Å². The van der Waals surface area contributed by atoms with E-state index in [2.05, 4.69) is 0 Å². The van der Waals surface area contributed by atoms with E-state index in [1.54, 1.807) is 23.8 Å². The van der Waals surface area contributed by atoms with E-state index in [0.29, 0.717) is 18.7 Å². The zero-order valence-corrected chi connectivity index (χ0v) is 13.9. The predicted molar refractivity (Wildman–Crippen MR) is 89.1 cm³/mol. The molecule has 0 spiro atoms. The maximum absolute atomic E-state index is 12.1. The molecule has 0 radical (unpaired) electrons. The van der Waals surface area contributed by atoms with Gasteiger partial charge in [-0.25, -0.2) is 0 Å². The molecular weight excluding hydrogens is 300 g/mol. The van der Waals surface area contributed by atoms with Crippen LogP contribution in [0.4, 0.5) is 11.4 Å². The highest BCUT2D eigenvalue weighted by Gasteiger charge is 2.30. The van der Waals surface area contributed by atoms with Crippen molar-refractivity contribution in [1.29, 1.82) is 0 Å². The second-order valence-electron chi connectivity index (χ2n) is 5.47. The molecule has 0 saturated carbocycles. The first kappa shape index (κ1) is 16.5. The molecule has 1 heterocycles. The third kappa shape index (κ3) is 3.88. The van der Waals surface area contributed by atoms with Gasteiger partial charge in [0.2, 0.25) is 11.8 Å². The first-order valence-corrected chi connectivity index (χ1v) is 8.15. The lowest BCUT2D eigenvalue weighted by Crippen LogP contribution is -2.25. The summed E-state index contributed by atoms with van der Waals surface area (Å²) in [5, 5.41) is 0.0857. The van der Waals surface area contributed by atoms with Crippen molar-refractivity contribution in [2.45, 2.75) is 20.3 Å². The highest BCUT2D eigenvalue weighted by Crippen LogP contribution is 2.28. The van der Waals surface area contributed by atoms with Gasteiger partial charge in [0.15, 0.2) is 5.12 Å². The number of nitrogens with zero attached hydrogens (tertiary/aromatic N) is 2. The van der Waals surface area contributed by atoms with Crippen LogP contribution in [0.25, 0.3) is 0 Å². The first-order valence-electron chi connectivity index (χ1n) is 7.16. The summed E-state index contributed by atoms with van der Waals surface area (Å²) in [4.78, 5) is 37.8. The van der Waals surface area contributed by atoms with Crippen molar-refractivity contribution in [2.24, 2.45) is 5.92 Å². The van der Waals surface area contributed by atoms with Crippen LogP contribution in [0.15, 0.2) is 24.3 Å². The molecule has 1 unspecified atom stereocenters. The molecule has 6 heteroatoms. The summed E-state index contributed by atoms with van der Waals surface area (Å²) in [6.07, 6.45) is 0.482. The SMILES string of the molecule is CC(=O)SCC1CC(=O)N(c2ccc(N(C)C(C)=O)cc2)C1. The number of hydrogen-bond donors (Lipinski definition) is 0. The standard InChI is InChI=1S/C16H20N2O3S/c1-11(19)17(3)14-4-6-15(7-5-14)18-9-13(8-16(18)21)10-22-12(2)20/h4-7,13H,8-10H2,1-3H3. The summed E-state index contributed by atoms with van der Waals surface area (Å²) in [7, 11) is 1.72. The molecule has 0 N–H and O–H groups in total. The van der Waals surface area contributed by atoms with Gasteiger partial charge in [-0.3, -0.25) is 14.4 Å². The Labute approximate surface area is 134 Å². The van der Waals surface area contributed by atoms with Crippen LogP contribution in [0, 0.1) is 5.92 Å². The molecule has 1 saturated heterocycles. The van der Waals surface area contributed by atoms with E-state index < -0.39 is 0 Å². The van der Waals surface area contributed by atoms with E-state index in [4.69, 9.17) is 0 Å². The molecule has 1 aliphatic heterocycles. The number of carbonyl (C=O) groups excluding carboxylic acids is 3. The maximum atomic E-state index is 12.1. The van der Waals surface area contributed by atoms with Crippen LogP contribution in [0.1, 0.15) is 20.3 Å². The van der Waals surface area contributed by atoms with Gasteiger partial charge < -0.3 is 9.80 Å². The van der Waals surface area contributed by atoms with Crippen molar-refractivity contribution in [3.05, 3.63) is 24.3 Å². The normalized spacial score (nSPS) is 17.7. The molecule has 0 bridgehead atoms. The summed E-state index contributed by atoms with van der Waals surface area (Å²) < 4.78 is 0. The molecule has 118 valence electrons. The largest absolute Gasteiger partial charge is 0.316 e. The molecule has 2 rings (SSSR count). The second kappa shape index (κ2) is 6.96. The Bertz CT molecular complexity index is 586. The third-order valence-electron chi connectivity index (χ3n) is 3.75. The first-order chi connectivity index (χ1) is 10.4. The van der Waals surface area contributed by atoms with Gasteiger partial charge in [0.05, 0.1) is 0 Å². The molecule has 2 amide bonds. The van der Waals surface area contributed by atoms with E-state index in [1.807, 2.05) is 24.3 Å². The van der Waals surface area contributed by atoms with Gasteiger partial charge in [-0.1, -0.05) is 11.8 Å². The van der Waals surface area contributed by atoms with Crippen LogP contribution in [0.3, 0.4) is 0 Å². The second-order valence-corrected chi connectivity index (χ2v) is 6.67. The molecule has 1 fully saturated rings. The molecule has 0 aromatic heterocycles. The number of thioether (sulfide) groups is 1. The Morgan fingerprint density at radius 1 is 1.27 bits per heavy atom. The van der Waals surface area contributed by atoms with Gasteiger partial charge in [0, 0.05) is 51.0 Å². The van der Waals surface area contributed by atoms with Gasteiger partial charge in [0.25, 0.3) is 0 Å². The van der Waals surface area contributed by atoms with E-state index in [9.17, 15) is 14.4 Å². The van der Waals surface area contributed by atoms with Gasteiger partial charge in [-0.2, -0.15) is 0 Å². The molecular formula is C16H20N2O3S. The average Bonchev–Trinajstić information content (AvgIpc) is 2.85. The number of anilines is 2. The summed E-state index contributed by atoms with van der Waals surface area (Å²) in [6, 6.07) is 7.38. The predicted octanol–water partition coefficient (Wildman–Crippen LogP) is 2.30. The summed E-state index contributed by atoms with van der Waals surface area (Å²) >= 11 is 1.28. The fourth-order valence-electron chi connectivity index (χ4n) is 2.42. The highest BCUT2D eigenvalue weighted by molar-refractivity contribution is 8.13. The Hall–Kier alpha value is -1.82. The van der Waals surface area contributed by atoms with Crippen molar-refractivity contribution in [1.82, 2.24) is 0 Å². The van der Waals surface area contributed by atoms with Crippen molar-refractivity contribution in [3.63, 3.8) is 0 Å². The van der Waals surface area contributed by atoms with Crippen LogP contribution < -0.4 is 9.80 Å². The lowest BCUT2D eigenvalue weighted by molar-refractivity contribution is -0.117. The van der Waals surface area contributed by atoms with Gasteiger partial charge in [0.1, 0.15) is 0 Å². The fourth-order valence-corrected chi connectivity index (χ4v) is 3.11. The Morgan fingerprint density at radius 3 is 2.45 bits per heavy atom. The van der Waals surface area contributed by atoms with Gasteiger partial charge in [-0.15, -0.1) is 0 Å². The Balaban J connectivity index is 2.04. The number of hydrogen-bond acceptors (Lipinski definition) is 4. The number of amides is 2. The van der Waals surface area contributed by atoms with Crippen LogP contribution in [-0.2, 0) is 14.4 Å². The lowest BCUT2D eigenvalue weighted by atomic mass is 10.1. The monoisotopic (exact) mass is 320 g/mol. The quantitative estimate of drug-likeness (QED) is 0.854. The van der Waals surface area contributed by atoms with Crippen molar-refractivity contribution in [3.8, 4) is 0 Å². The molecule has 1 aromatic rings. The topological polar surface area (TPSA) is 57.7 Å². The average molecular weight is 320 g/mol. The fraction of sp³-hybridized carbons (Fsp3) is 0.438. The van der Waals surface area contributed by atoms with E-state index >= 15 is 0 Å². The van der Waals surface area contributed by atoms with Gasteiger partial charge >= 0.3 is 0 Å². The zero-order chi connectivity index (χ0) is 16.3. The van der Waals surface area contributed by atoms with Crippen molar-refractivity contribution in [2.75, 3.05) is 29.1 Å². The van der Waals surface area contributed by atoms with Crippen LogP contribution in [-0.4, -0.2) is 36.3 Å². The highest BCUT2D eigenvalue weighted by atomic mass is 32.2. The van der Waals surface area contributed by atoms with Crippen molar-refractivity contribution < 1.29 is 14.4 Å². The molecule has 0 aliphatic carbocycles. The molecule has 1 aromatic carbocycles. The smallest absolute Gasteiger partial charge is 0.227 e. The van der Waals surface area contributed by atoms with E-state index in [-0.39, 0.29) is 22.8 Å². The maximum Gasteiger partial charge on any atom is 0.227 e. The summed E-state index contributed by atoms with van der Waals surface area (Å²) in [5.74, 6) is 0.942. The van der Waals surface area contributed by atoms with Gasteiger partial charge in [-0.05, 0) is 30.2 Å². The Kier molecular flexibility index (Phi) is 5.24. The van der Waals surface area contributed by atoms with E-state index in [0.717, 1.165) is 11.4 Å². The minimum absolute atomic E-state index is 0.0358. The number of benzene rings is 1. The summed E-state index contributed by atoms with van der Waals surface area (Å²) in [5.41, 5.74) is 1.63. The zero-order valence-electron chi connectivity index (χ0n) is 13.0. The van der Waals surface area contributed by atoms with Crippen LogP contribution in [0.5, 0.6) is 0 Å². The van der Waals surface area contributed by atoms with Crippen LogP contribution in [0.2, 0.25) is 0 Å². The number of rotatable bonds is 4. The summed E-state index contributed by atoms with van der Waals surface area (Å²) in [6.45, 7) is 3.69. The third-order valence-corrected chi connectivity index (χ3v) is 4.79. The number of carbonyl (C=O) groups is 3. The lowest BCUT2D eigenvalue weighted by Gasteiger charge is -2.19. The minimum Gasteiger partial charge on any atom is -0.316 e. The molecule has 5 nitrogen and oxygen atoms in total. The Morgan fingerprint density at radius 2 is 1.91 bits per heavy atom. The molecule has 1 atom stereocenters. The van der Waals surface area contributed by atoms with E-state index in [1.165, 1.54) is 18.7 Å². The molecule has 1 aliphatic rings. The molecule has 22 heavy (non-hydrogen) atoms.